The van der Waals surface area contributed by atoms with Gasteiger partial charge in [-0.25, -0.2) is 0 Å². The smallest absolute Gasteiger partial charge is 0.0988 e. The van der Waals surface area contributed by atoms with Crippen LogP contribution in [0.2, 0.25) is 0 Å². The molecule has 0 radical (unpaired) electrons. The van der Waals surface area contributed by atoms with E-state index in [0.29, 0.717) is 17.4 Å². The van der Waals surface area contributed by atoms with Crippen molar-refractivity contribution in [2.45, 2.75) is 18.4 Å². The molecule has 0 spiro atoms. The van der Waals surface area contributed by atoms with Crippen molar-refractivity contribution >= 4 is 0 Å². The number of rotatable bonds is 1. The van der Waals surface area contributed by atoms with Gasteiger partial charge in [0, 0.05) is 17.0 Å². The summed E-state index contributed by atoms with van der Waals surface area (Å²) in [7, 11) is 2.07. The van der Waals surface area contributed by atoms with E-state index in [1.807, 2.05) is 6.08 Å². The first-order valence-corrected chi connectivity index (χ1v) is 5.29. The van der Waals surface area contributed by atoms with Crippen LogP contribution in [0.25, 0.3) is 0 Å². The summed E-state index contributed by atoms with van der Waals surface area (Å²) < 4.78 is 0. The van der Waals surface area contributed by atoms with Crippen molar-refractivity contribution in [1.82, 2.24) is 5.32 Å². The van der Waals surface area contributed by atoms with Crippen molar-refractivity contribution in [3.05, 3.63) is 23.8 Å². The zero-order valence-corrected chi connectivity index (χ0v) is 8.33. The molecular weight excluding hydrogens is 172 g/mol. The van der Waals surface area contributed by atoms with Gasteiger partial charge in [-0.1, -0.05) is 12.2 Å². The number of hydrogen-bond acceptors (Lipinski definition) is 2. The average molecular weight is 186 g/mol. The van der Waals surface area contributed by atoms with Crippen molar-refractivity contribution in [2.24, 2.45) is 17.8 Å². The maximum absolute atomic E-state index is 8.82. The van der Waals surface area contributed by atoms with Gasteiger partial charge in [-0.05, 0) is 37.8 Å². The number of allylic oxidation sites excluding steroid dienone is 3. The van der Waals surface area contributed by atoms with Crippen molar-refractivity contribution in [3.63, 3.8) is 0 Å². The molecule has 0 bridgehead atoms. The Hall–Kier alpha value is -1.07. The van der Waals surface area contributed by atoms with E-state index in [2.05, 4.69) is 30.6 Å². The van der Waals surface area contributed by atoms with E-state index in [9.17, 15) is 0 Å². The third-order valence-corrected chi connectivity index (χ3v) is 4.24. The number of nitrogens with one attached hydrogen (secondary N) is 1. The second-order valence-electron chi connectivity index (χ2n) is 4.71. The summed E-state index contributed by atoms with van der Waals surface area (Å²) in [5.41, 5.74) is 1.23. The van der Waals surface area contributed by atoms with Gasteiger partial charge in [0.25, 0.3) is 0 Å². The molecule has 14 heavy (non-hydrogen) atoms. The van der Waals surface area contributed by atoms with E-state index >= 15 is 0 Å². The highest BCUT2D eigenvalue weighted by Crippen LogP contribution is 2.62. The molecule has 0 amide bonds. The van der Waals surface area contributed by atoms with Crippen LogP contribution in [-0.4, -0.2) is 12.6 Å². The monoisotopic (exact) mass is 186 g/mol. The Morgan fingerprint density at radius 3 is 3.21 bits per heavy atom. The van der Waals surface area contributed by atoms with Crippen molar-refractivity contribution in [1.29, 1.82) is 5.26 Å². The summed E-state index contributed by atoms with van der Waals surface area (Å²) in [6, 6.07) is 2.23. The number of hydrogen-bond donors (Lipinski definition) is 1. The highest BCUT2D eigenvalue weighted by molar-refractivity contribution is 5.41. The van der Waals surface area contributed by atoms with Crippen molar-refractivity contribution in [2.75, 3.05) is 7.05 Å². The van der Waals surface area contributed by atoms with Crippen molar-refractivity contribution in [3.8, 4) is 6.07 Å². The van der Waals surface area contributed by atoms with Gasteiger partial charge >= 0.3 is 0 Å². The molecular formula is C12H14N2. The van der Waals surface area contributed by atoms with E-state index in [1.54, 1.807) is 0 Å². The standard InChI is InChI=1S/C12H14N2/c1-14-12-6-10(12)5-9-4-8(7-13)2-3-11(9)12/h2-4,9-11,14H,5-6H2,1H3. The van der Waals surface area contributed by atoms with Gasteiger partial charge < -0.3 is 5.32 Å². The molecule has 4 unspecified atom stereocenters. The molecule has 2 nitrogen and oxygen atoms in total. The van der Waals surface area contributed by atoms with Gasteiger partial charge in [0.15, 0.2) is 0 Å². The summed E-state index contributed by atoms with van der Waals surface area (Å²) in [4.78, 5) is 0. The van der Waals surface area contributed by atoms with Crippen LogP contribution in [0.3, 0.4) is 0 Å². The van der Waals surface area contributed by atoms with Crippen LogP contribution in [0.1, 0.15) is 12.8 Å². The molecule has 3 rings (SSSR count). The lowest BCUT2D eigenvalue weighted by Gasteiger charge is -2.26. The molecule has 0 saturated heterocycles. The van der Waals surface area contributed by atoms with Crippen LogP contribution in [-0.2, 0) is 0 Å². The lowest BCUT2D eigenvalue weighted by atomic mass is 9.83. The Morgan fingerprint density at radius 1 is 1.64 bits per heavy atom. The van der Waals surface area contributed by atoms with Crippen LogP contribution in [0, 0.1) is 29.1 Å². The first-order chi connectivity index (χ1) is 6.80. The predicted octanol–water partition coefficient (Wildman–Crippen LogP) is 1.62. The van der Waals surface area contributed by atoms with Gasteiger partial charge in [-0.2, -0.15) is 5.26 Å². The van der Waals surface area contributed by atoms with Gasteiger partial charge in [0.05, 0.1) is 6.07 Å². The van der Waals surface area contributed by atoms with Gasteiger partial charge in [-0.15, -0.1) is 0 Å². The van der Waals surface area contributed by atoms with Gasteiger partial charge in [-0.3, -0.25) is 0 Å². The fraction of sp³-hybridized carbons (Fsp3) is 0.583. The molecule has 1 N–H and O–H groups in total. The molecule has 0 aromatic rings. The minimum atomic E-state index is 0.388. The molecule has 0 aromatic heterocycles. The first-order valence-electron chi connectivity index (χ1n) is 5.29. The summed E-state index contributed by atoms with van der Waals surface area (Å²) in [5.74, 6) is 2.09. The van der Waals surface area contributed by atoms with Crippen molar-refractivity contribution < 1.29 is 0 Å². The predicted molar refractivity (Wildman–Crippen MR) is 54.3 cm³/mol. The molecule has 4 atom stereocenters. The van der Waals surface area contributed by atoms with Gasteiger partial charge in [0.1, 0.15) is 0 Å². The van der Waals surface area contributed by atoms with Crippen LogP contribution in [0.15, 0.2) is 23.8 Å². The Kier molecular flexibility index (Phi) is 1.47. The Bertz CT molecular complexity index is 370. The maximum atomic E-state index is 8.82. The zero-order valence-electron chi connectivity index (χ0n) is 8.33. The van der Waals surface area contributed by atoms with Crippen LogP contribution >= 0.6 is 0 Å². The molecule has 3 aliphatic rings. The fourth-order valence-electron chi connectivity index (χ4n) is 3.43. The number of fused-ring (bicyclic) bond motifs is 3. The quantitative estimate of drug-likeness (QED) is 0.675. The number of nitriles is 1. The molecule has 72 valence electrons. The Morgan fingerprint density at radius 2 is 2.50 bits per heavy atom. The minimum absolute atomic E-state index is 0.388. The molecule has 2 heteroatoms. The first kappa shape index (κ1) is 8.26. The lowest BCUT2D eigenvalue weighted by Crippen LogP contribution is -2.36. The molecule has 0 heterocycles. The SMILES string of the molecule is CNC12CC1CC1C=C(C#N)C=CC12. The highest BCUT2D eigenvalue weighted by Gasteiger charge is 2.64. The fourth-order valence-corrected chi connectivity index (χ4v) is 3.43. The molecule has 2 fully saturated rings. The Balaban J connectivity index is 1.92. The lowest BCUT2D eigenvalue weighted by molar-refractivity contribution is 0.387. The zero-order chi connectivity index (χ0) is 9.76. The van der Waals surface area contributed by atoms with E-state index in [4.69, 9.17) is 5.26 Å². The molecule has 3 aliphatic carbocycles. The van der Waals surface area contributed by atoms with Crippen LogP contribution < -0.4 is 5.32 Å². The topological polar surface area (TPSA) is 35.8 Å². The minimum Gasteiger partial charge on any atom is -0.313 e. The second kappa shape index (κ2) is 2.49. The van der Waals surface area contributed by atoms with E-state index in [0.717, 1.165) is 11.5 Å². The summed E-state index contributed by atoms with van der Waals surface area (Å²) >= 11 is 0. The molecule has 0 aliphatic heterocycles. The van der Waals surface area contributed by atoms with E-state index in [-0.39, 0.29) is 0 Å². The largest absolute Gasteiger partial charge is 0.313 e. The van der Waals surface area contributed by atoms with E-state index in [1.165, 1.54) is 12.8 Å². The van der Waals surface area contributed by atoms with Gasteiger partial charge in [0.2, 0.25) is 0 Å². The number of nitrogens with zero attached hydrogens (tertiary/aromatic N) is 1. The van der Waals surface area contributed by atoms with E-state index < -0.39 is 0 Å². The summed E-state index contributed by atoms with van der Waals surface area (Å²) in [5, 5.41) is 12.3. The maximum Gasteiger partial charge on any atom is 0.0988 e. The summed E-state index contributed by atoms with van der Waals surface area (Å²) in [6.45, 7) is 0. The summed E-state index contributed by atoms with van der Waals surface area (Å²) in [6.07, 6.45) is 8.98. The molecule has 0 aromatic carbocycles. The normalized spacial score (nSPS) is 47.7. The van der Waals surface area contributed by atoms with Crippen LogP contribution in [0.4, 0.5) is 0 Å². The van der Waals surface area contributed by atoms with Crippen LogP contribution in [0.5, 0.6) is 0 Å². The third kappa shape index (κ3) is 0.835. The Labute approximate surface area is 84.3 Å². The molecule has 2 saturated carbocycles. The highest BCUT2D eigenvalue weighted by atomic mass is 15.0. The average Bonchev–Trinajstić information content (AvgIpc) is 2.85. The third-order valence-electron chi connectivity index (χ3n) is 4.24. The second-order valence-corrected chi connectivity index (χ2v) is 4.71.